The average molecular weight is 373 g/mol. The molecule has 2 aliphatic rings. The second kappa shape index (κ2) is 8.22. The predicted octanol–water partition coefficient (Wildman–Crippen LogP) is -0.275. The van der Waals surface area contributed by atoms with Crippen LogP contribution in [0.5, 0.6) is 5.75 Å². The number of carbonyl (C=O) groups excluding carboxylic acids is 3. The molecule has 3 rings (SSSR count). The Labute approximate surface area is 158 Å². The van der Waals surface area contributed by atoms with Crippen molar-refractivity contribution in [2.75, 3.05) is 50.9 Å². The number of quaternary nitrogens is 1. The normalized spacial score (nSPS) is 18.4. The number of rotatable bonds is 7. The topological polar surface area (TPSA) is 74.6 Å². The van der Waals surface area contributed by atoms with Crippen LogP contribution in [0.4, 0.5) is 10.5 Å². The lowest BCUT2D eigenvalue weighted by Gasteiger charge is -2.35. The van der Waals surface area contributed by atoms with Crippen LogP contribution in [0.3, 0.4) is 0 Å². The van der Waals surface area contributed by atoms with E-state index in [0.717, 1.165) is 52.3 Å². The Morgan fingerprint density at radius 2 is 1.78 bits per heavy atom. The summed E-state index contributed by atoms with van der Waals surface area (Å²) >= 11 is 0. The minimum Gasteiger partial charge on any atom is -0.492 e. The molecule has 0 atom stereocenters. The first-order valence-corrected chi connectivity index (χ1v) is 9.15. The van der Waals surface area contributed by atoms with E-state index in [2.05, 4.69) is 11.5 Å². The zero-order valence-corrected chi connectivity index (χ0v) is 15.5. The van der Waals surface area contributed by atoms with E-state index in [4.69, 9.17) is 4.74 Å². The third-order valence-electron chi connectivity index (χ3n) is 4.80. The number of para-hydroxylation sites is 2. The molecule has 4 amide bonds. The van der Waals surface area contributed by atoms with Crippen molar-refractivity contribution in [3.63, 3.8) is 0 Å². The number of urea groups is 1. The Morgan fingerprint density at radius 1 is 1.11 bits per heavy atom. The van der Waals surface area contributed by atoms with E-state index in [0.29, 0.717) is 6.61 Å². The molecule has 8 heteroatoms. The standard InChI is InChI=1S/C19H24N4O4/c1-3-9-22-17(24)18(25)23(19(22)26)14-20-10-12-21(13-11-20)15-7-5-6-8-16(15)27-4-2/h3,5-8H,1,4,9-14H2,2H3/p+1. The maximum atomic E-state index is 12.3. The third kappa shape index (κ3) is 3.80. The van der Waals surface area contributed by atoms with Crippen molar-refractivity contribution in [1.82, 2.24) is 9.80 Å². The van der Waals surface area contributed by atoms with Gasteiger partial charge in [-0.2, -0.15) is 0 Å². The van der Waals surface area contributed by atoms with Gasteiger partial charge in [0.25, 0.3) is 0 Å². The van der Waals surface area contributed by atoms with Crippen molar-refractivity contribution in [3.05, 3.63) is 36.9 Å². The summed E-state index contributed by atoms with van der Waals surface area (Å²) in [6.45, 7) is 9.41. The van der Waals surface area contributed by atoms with Crippen molar-refractivity contribution in [3.8, 4) is 5.75 Å². The van der Waals surface area contributed by atoms with Crippen LogP contribution in [0.15, 0.2) is 36.9 Å². The van der Waals surface area contributed by atoms with E-state index in [9.17, 15) is 14.4 Å². The highest BCUT2D eigenvalue weighted by Gasteiger charge is 2.45. The fourth-order valence-electron chi connectivity index (χ4n) is 3.42. The number of hydrogen-bond donors (Lipinski definition) is 1. The summed E-state index contributed by atoms with van der Waals surface area (Å²) in [5, 5.41) is 0. The smallest absolute Gasteiger partial charge is 0.339 e. The van der Waals surface area contributed by atoms with Gasteiger partial charge in [0.2, 0.25) is 0 Å². The predicted molar refractivity (Wildman–Crippen MR) is 99.5 cm³/mol. The average Bonchev–Trinajstić information content (AvgIpc) is 2.88. The SMILES string of the molecule is C=CCN1C(=O)C(=O)N(C[NH+]2CCN(c3ccccc3OCC)CC2)C1=O. The summed E-state index contributed by atoms with van der Waals surface area (Å²) in [5.74, 6) is -0.666. The van der Waals surface area contributed by atoms with Gasteiger partial charge in [-0.05, 0) is 19.1 Å². The number of hydrogen-bond acceptors (Lipinski definition) is 5. The molecule has 2 fully saturated rings. The molecule has 2 aliphatic heterocycles. The van der Waals surface area contributed by atoms with Gasteiger partial charge in [0, 0.05) is 6.54 Å². The molecule has 1 aromatic rings. The molecule has 1 N–H and O–H groups in total. The quantitative estimate of drug-likeness (QED) is 0.404. The van der Waals surface area contributed by atoms with Crippen LogP contribution in [-0.2, 0) is 9.59 Å². The Morgan fingerprint density at radius 3 is 2.44 bits per heavy atom. The molecule has 8 nitrogen and oxygen atoms in total. The Balaban J connectivity index is 1.60. The summed E-state index contributed by atoms with van der Waals surface area (Å²) in [4.78, 5) is 41.7. The summed E-state index contributed by atoms with van der Waals surface area (Å²) in [5.41, 5.74) is 1.05. The Bertz CT molecular complexity index is 743. The molecule has 0 radical (unpaired) electrons. The zero-order chi connectivity index (χ0) is 19.4. The first-order valence-electron chi connectivity index (χ1n) is 9.15. The van der Waals surface area contributed by atoms with Crippen molar-refractivity contribution in [1.29, 1.82) is 0 Å². The molecular formula is C19H25N4O4+. The lowest BCUT2D eigenvalue weighted by molar-refractivity contribution is -0.907. The third-order valence-corrected chi connectivity index (χ3v) is 4.80. The molecule has 144 valence electrons. The van der Waals surface area contributed by atoms with Crippen LogP contribution in [0.2, 0.25) is 0 Å². The fourth-order valence-corrected chi connectivity index (χ4v) is 3.42. The Kier molecular flexibility index (Phi) is 5.75. The number of nitrogens with zero attached hydrogens (tertiary/aromatic N) is 3. The minimum absolute atomic E-state index is 0.0528. The molecular weight excluding hydrogens is 348 g/mol. The summed E-state index contributed by atoms with van der Waals surface area (Å²) in [7, 11) is 0. The maximum Gasteiger partial charge on any atom is 0.339 e. The van der Waals surface area contributed by atoms with E-state index >= 15 is 0 Å². The van der Waals surface area contributed by atoms with Crippen molar-refractivity contribution in [2.24, 2.45) is 0 Å². The molecule has 0 saturated carbocycles. The summed E-state index contributed by atoms with van der Waals surface area (Å²) in [6.07, 6.45) is 1.44. The number of imide groups is 2. The van der Waals surface area contributed by atoms with E-state index in [1.807, 2.05) is 31.2 Å². The molecule has 2 heterocycles. The number of amides is 4. The van der Waals surface area contributed by atoms with Gasteiger partial charge in [-0.1, -0.05) is 18.2 Å². The van der Waals surface area contributed by atoms with Gasteiger partial charge in [0.1, 0.15) is 5.75 Å². The summed E-state index contributed by atoms with van der Waals surface area (Å²) < 4.78 is 5.70. The van der Waals surface area contributed by atoms with Gasteiger partial charge in [0.05, 0.1) is 38.5 Å². The fraction of sp³-hybridized carbons (Fsp3) is 0.421. The van der Waals surface area contributed by atoms with Crippen molar-refractivity contribution < 1.29 is 24.0 Å². The maximum absolute atomic E-state index is 12.3. The number of piperazine rings is 1. The highest BCUT2D eigenvalue weighted by atomic mass is 16.5. The molecule has 27 heavy (non-hydrogen) atoms. The first kappa shape index (κ1) is 18.9. The van der Waals surface area contributed by atoms with Gasteiger partial charge >= 0.3 is 17.8 Å². The van der Waals surface area contributed by atoms with E-state index in [-0.39, 0.29) is 13.2 Å². The van der Waals surface area contributed by atoms with Gasteiger partial charge in [0.15, 0.2) is 6.67 Å². The van der Waals surface area contributed by atoms with Crippen molar-refractivity contribution >= 4 is 23.5 Å². The van der Waals surface area contributed by atoms with E-state index < -0.39 is 17.8 Å². The molecule has 2 saturated heterocycles. The Hall–Kier alpha value is -2.87. The minimum atomic E-state index is -0.774. The second-order valence-electron chi connectivity index (χ2n) is 6.52. The highest BCUT2D eigenvalue weighted by molar-refractivity contribution is 6.44. The van der Waals surface area contributed by atoms with E-state index in [1.54, 1.807) is 0 Å². The van der Waals surface area contributed by atoms with Crippen LogP contribution in [0, 0.1) is 0 Å². The number of carbonyl (C=O) groups is 3. The van der Waals surface area contributed by atoms with Crippen LogP contribution in [0.25, 0.3) is 0 Å². The molecule has 0 spiro atoms. The van der Waals surface area contributed by atoms with Crippen molar-refractivity contribution in [2.45, 2.75) is 6.92 Å². The molecule has 0 aliphatic carbocycles. The molecule has 0 aromatic heterocycles. The number of anilines is 1. The van der Waals surface area contributed by atoms with Crippen LogP contribution in [0.1, 0.15) is 6.92 Å². The number of benzene rings is 1. The monoisotopic (exact) mass is 373 g/mol. The number of nitrogens with one attached hydrogen (secondary N) is 1. The first-order chi connectivity index (χ1) is 13.1. The number of ether oxygens (including phenoxy) is 1. The summed E-state index contributed by atoms with van der Waals surface area (Å²) in [6, 6.07) is 7.38. The highest BCUT2D eigenvalue weighted by Crippen LogP contribution is 2.27. The zero-order valence-electron chi connectivity index (χ0n) is 15.5. The van der Waals surface area contributed by atoms with Crippen LogP contribution < -0.4 is 14.5 Å². The van der Waals surface area contributed by atoms with Gasteiger partial charge < -0.3 is 14.5 Å². The van der Waals surface area contributed by atoms with Crippen LogP contribution >= 0.6 is 0 Å². The lowest BCUT2D eigenvalue weighted by atomic mass is 10.2. The lowest BCUT2D eigenvalue weighted by Crippen LogP contribution is -3.16. The largest absolute Gasteiger partial charge is 0.492 e. The molecule has 0 bridgehead atoms. The van der Waals surface area contributed by atoms with Gasteiger partial charge in [-0.15, -0.1) is 6.58 Å². The van der Waals surface area contributed by atoms with Gasteiger partial charge in [-0.25, -0.2) is 9.69 Å². The molecule has 1 aromatic carbocycles. The van der Waals surface area contributed by atoms with E-state index in [1.165, 1.54) is 6.08 Å². The van der Waals surface area contributed by atoms with Crippen LogP contribution in [-0.4, -0.2) is 73.6 Å². The molecule has 0 unspecified atom stereocenters. The van der Waals surface area contributed by atoms with Gasteiger partial charge in [-0.3, -0.25) is 14.5 Å². The second-order valence-corrected chi connectivity index (χ2v) is 6.52.